The van der Waals surface area contributed by atoms with Gasteiger partial charge in [-0.3, -0.25) is 0 Å². The predicted molar refractivity (Wildman–Crippen MR) is 59.2 cm³/mol. The molecule has 0 aliphatic rings. The lowest BCUT2D eigenvalue weighted by Gasteiger charge is -2.14. The third-order valence-corrected chi connectivity index (χ3v) is 2.54. The summed E-state index contributed by atoms with van der Waals surface area (Å²) < 4.78 is 4.68. The molecule has 0 aliphatic heterocycles. The number of aromatic hydroxyl groups is 1. The van der Waals surface area contributed by atoms with Crippen molar-refractivity contribution in [1.82, 2.24) is 0 Å². The minimum absolute atomic E-state index is 0.0550. The van der Waals surface area contributed by atoms with Crippen LogP contribution < -0.4 is 0 Å². The fraction of sp³-hybridized carbons (Fsp3) is 0.417. The quantitative estimate of drug-likeness (QED) is 0.765. The smallest absolute Gasteiger partial charge is 0.339 e. The van der Waals surface area contributed by atoms with E-state index in [1.54, 1.807) is 19.9 Å². The first-order chi connectivity index (χ1) is 7.49. The van der Waals surface area contributed by atoms with Gasteiger partial charge in [0.25, 0.3) is 0 Å². The molecular weight excluding hydrogens is 208 g/mol. The van der Waals surface area contributed by atoms with Gasteiger partial charge >= 0.3 is 5.97 Å². The van der Waals surface area contributed by atoms with E-state index in [-0.39, 0.29) is 17.9 Å². The molecule has 0 fully saturated rings. The molecule has 1 unspecified atom stereocenters. The number of esters is 1. The van der Waals surface area contributed by atoms with Gasteiger partial charge in [0.2, 0.25) is 0 Å². The molecule has 0 aliphatic carbocycles. The van der Waals surface area contributed by atoms with Crippen LogP contribution in [0.1, 0.15) is 29.7 Å². The molecule has 1 rings (SSSR count). The summed E-state index contributed by atoms with van der Waals surface area (Å²) in [5.41, 5.74) is 1.74. The van der Waals surface area contributed by atoms with E-state index in [0.29, 0.717) is 5.56 Å². The third kappa shape index (κ3) is 2.33. The SMILES string of the molecule is CCOC(=O)C(O)c1ccc(C)c(C)c1O. The first-order valence-electron chi connectivity index (χ1n) is 5.12. The molecule has 4 heteroatoms. The van der Waals surface area contributed by atoms with Crippen LogP contribution in [-0.2, 0) is 9.53 Å². The molecule has 1 aromatic carbocycles. The van der Waals surface area contributed by atoms with Gasteiger partial charge < -0.3 is 14.9 Å². The summed E-state index contributed by atoms with van der Waals surface area (Å²) >= 11 is 0. The standard InChI is InChI=1S/C12H16O4/c1-4-16-12(15)11(14)9-6-5-7(2)8(3)10(9)13/h5-6,11,13-14H,4H2,1-3H3. The lowest BCUT2D eigenvalue weighted by Crippen LogP contribution is -2.15. The van der Waals surface area contributed by atoms with Crippen molar-refractivity contribution in [3.05, 3.63) is 28.8 Å². The number of aliphatic hydroxyl groups excluding tert-OH is 1. The van der Waals surface area contributed by atoms with Crippen molar-refractivity contribution in [1.29, 1.82) is 0 Å². The molecule has 0 saturated heterocycles. The van der Waals surface area contributed by atoms with E-state index in [4.69, 9.17) is 0 Å². The van der Waals surface area contributed by atoms with E-state index in [0.717, 1.165) is 5.56 Å². The maximum Gasteiger partial charge on any atom is 0.339 e. The summed E-state index contributed by atoms with van der Waals surface area (Å²) in [5.74, 6) is -0.804. The topological polar surface area (TPSA) is 66.8 Å². The van der Waals surface area contributed by atoms with Crippen LogP contribution in [0.2, 0.25) is 0 Å². The summed E-state index contributed by atoms with van der Waals surface area (Å²) in [6.45, 7) is 5.42. The maximum atomic E-state index is 11.3. The van der Waals surface area contributed by atoms with Crippen LogP contribution in [0.4, 0.5) is 0 Å². The summed E-state index contributed by atoms with van der Waals surface area (Å²) in [6.07, 6.45) is -1.43. The Kier molecular flexibility index (Phi) is 3.90. The van der Waals surface area contributed by atoms with E-state index < -0.39 is 12.1 Å². The molecule has 0 amide bonds. The Morgan fingerprint density at radius 2 is 2.06 bits per heavy atom. The van der Waals surface area contributed by atoms with E-state index in [1.165, 1.54) is 6.07 Å². The molecule has 0 bridgehead atoms. The van der Waals surface area contributed by atoms with E-state index >= 15 is 0 Å². The highest BCUT2D eigenvalue weighted by Gasteiger charge is 2.22. The number of carbonyl (C=O) groups is 1. The zero-order valence-corrected chi connectivity index (χ0v) is 9.65. The Labute approximate surface area is 94.5 Å². The highest BCUT2D eigenvalue weighted by molar-refractivity contribution is 5.77. The lowest BCUT2D eigenvalue weighted by molar-refractivity contribution is -0.153. The van der Waals surface area contributed by atoms with Crippen LogP contribution in [0.3, 0.4) is 0 Å². The molecule has 0 heterocycles. The Hall–Kier alpha value is -1.55. The van der Waals surface area contributed by atoms with E-state index in [9.17, 15) is 15.0 Å². The number of hydrogen-bond acceptors (Lipinski definition) is 4. The number of phenolic OH excluding ortho intramolecular Hbond substituents is 1. The van der Waals surface area contributed by atoms with Gasteiger partial charge in [-0.1, -0.05) is 12.1 Å². The van der Waals surface area contributed by atoms with Crippen molar-refractivity contribution in [2.24, 2.45) is 0 Å². The van der Waals surface area contributed by atoms with Crippen molar-refractivity contribution in [3.63, 3.8) is 0 Å². The highest BCUT2D eigenvalue weighted by Crippen LogP contribution is 2.30. The van der Waals surface area contributed by atoms with Gasteiger partial charge in [0.1, 0.15) is 5.75 Å². The molecule has 88 valence electrons. The van der Waals surface area contributed by atoms with Gasteiger partial charge in [-0.25, -0.2) is 4.79 Å². The van der Waals surface area contributed by atoms with Crippen molar-refractivity contribution >= 4 is 5.97 Å². The monoisotopic (exact) mass is 224 g/mol. The van der Waals surface area contributed by atoms with Gasteiger partial charge in [0.05, 0.1) is 6.61 Å². The van der Waals surface area contributed by atoms with Crippen LogP contribution >= 0.6 is 0 Å². The van der Waals surface area contributed by atoms with Crippen molar-refractivity contribution < 1.29 is 19.7 Å². The second-order valence-electron chi connectivity index (χ2n) is 3.60. The number of aryl methyl sites for hydroxylation is 1. The van der Waals surface area contributed by atoms with Crippen LogP contribution in [0.5, 0.6) is 5.75 Å². The number of ether oxygens (including phenoxy) is 1. The molecule has 0 radical (unpaired) electrons. The van der Waals surface area contributed by atoms with Crippen molar-refractivity contribution in [2.75, 3.05) is 6.61 Å². The fourth-order valence-corrected chi connectivity index (χ4v) is 1.39. The maximum absolute atomic E-state index is 11.3. The minimum Gasteiger partial charge on any atom is -0.507 e. The molecule has 2 N–H and O–H groups in total. The number of carbonyl (C=O) groups excluding carboxylic acids is 1. The number of rotatable bonds is 3. The molecule has 0 saturated carbocycles. The largest absolute Gasteiger partial charge is 0.507 e. The lowest BCUT2D eigenvalue weighted by atomic mass is 10.0. The van der Waals surface area contributed by atoms with Gasteiger partial charge in [0, 0.05) is 5.56 Å². The first kappa shape index (κ1) is 12.5. The summed E-state index contributed by atoms with van der Waals surface area (Å²) in [4.78, 5) is 11.3. The van der Waals surface area contributed by atoms with E-state index in [2.05, 4.69) is 4.74 Å². The Bertz CT molecular complexity index is 398. The highest BCUT2D eigenvalue weighted by atomic mass is 16.5. The summed E-state index contributed by atoms with van der Waals surface area (Å²) in [7, 11) is 0. The van der Waals surface area contributed by atoms with E-state index in [1.807, 2.05) is 6.92 Å². The number of aliphatic hydroxyl groups is 1. The molecular formula is C12H16O4. The Morgan fingerprint density at radius 3 is 2.62 bits per heavy atom. The molecule has 4 nitrogen and oxygen atoms in total. The Morgan fingerprint density at radius 1 is 1.44 bits per heavy atom. The fourth-order valence-electron chi connectivity index (χ4n) is 1.39. The number of benzene rings is 1. The average Bonchev–Trinajstić information content (AvgIpc) is 2.26. The first-order valence-corrected chi connectivity index (χ1v) is 5.12. The molecule has 16 heavy (non-hydrogen) atoms. The normalized spacial score (nSPS) is 12.2. The van der Waals surface area contributed by atoms with Crippen molar-refractivity contribution in [2.45, 2.75) is 26.9 Å². The van der Waals surface area contributed by atoms with Gasteiger partial charge in [0.15, 0.2) is 6.10 Å². The van der Waals surface area contributed by atoms with Gasteiger partial charge in [-0.15, -0.1) is 0 Å². The molecule has 1 aromatic rings. The minimum atomic E-state index is -1.43. The summed E-state index contributed by atoms with van der Waals surface area (Å²) in [6, 6.07) is 3.27. The van der Waals surface area contributed by atoms with Crippen LogP contribution in [0, 0.1) is 13.8 Å². The van der Waals surface area contributed by atoms with Crippen molar-refractivity contribution in [3.8, 4) is 5.75 Å². The second kappa shape index (κ2) is 4.99. The van der Waals surface area contributed by atoms with Crippen LogP contribution in [-0.4, -0.2) is 22.8 Å². The Balaban J connectivity index is 3.05. The predicted octanol–water partition coefficient (Wildman–Crippen LogP) is 1.61. The molecule has 1 atom stereocenters. The second-order valence-corrected chi connectivity index (χ2v) is 3.60. The molecule has 0 spiro atoms. The summed E-state index contributed by atoms with van der Waals surface area (Å²) in [5, 5.41) is 19.5. The number of phenols is 1. The zero-order valence-electron chi connectivity index (χ0n) is 9.65. The van der Waals surface area contributed by atoms with Gasteiger partial charge in [-0.05, 0) is 31.9 Å². The zero-order chi connectivity index (χ0) is 12.3. The number of hydrogen-bond donors (Lipinski definition) is 2. The third-order valence-electron chi connectivity index (χ3n) is 2.54. The van der Waals surface area contributed by atoms with Crippen LogP contribution in [0.25, 0.3) is 0 Å². The molecule has 0 aromatic heterocycles. The van der Waals surface area contributed by atoms with Gasteiger partial charge in [-0.2, -0.15) is 0 Å². The van der Waals surface area contributed by atoms with Crippen LogP contribution in [0.15, 0.2) is 12.1 Å². The average molecular weight is 224 g/mol.